The summed E-state index contributed by atoms with van der Waals surface area (Å²) in [6.07, 6.45) is 0.214. The molecule has 3 rings (SSSR count). The van der Waals surface area contributed by atoms with Crippen LogP contribution in [0, 0.1) is 0 Å². The van der Waals surface area contributed by atoms with E-state index in [0.29, 0.717) is 11.2 Å². The molecule has 0 bridgehead atoms. The number of fused-ring (bicyclic) bond motifs is 1. The predicted octanol–water partition coefficient (Wildman–Crippen LogP) is 3.39. The number of rotatable bonds is 2. The van der Waals surface area contributed by atoms with E-state index in [0.717, 1.165) is 29.2 Å². The van der Waals surface area contributed by atoms with Crippen LogP contribution in [0.15, 0.2) is 23.6 Å². The highest BCUT2D eigenvalue weighted by Gasteiger charge is 2.25. The zero-order valence-electron chi connectivity index (χ0n) is 12.0. The van der Waals surface area contributed by atoms with Crippen molar-refractivity contribution in [2.75, 3.05) is 17.2 Å². The van der Waals surface area contributed by atoms with Gasteiger partial charge in [-0.05, 0) is 39.0 Å². The molecule has 0 radical (unpaired) electrons. The van der Waals surface area contributed by atoms with E-state index in [9.17, 15) is 0 Å². The highest BCUT2D eigenvalue weighted by atomic mass is 32.1. The maximum absolute atomic E-state index is 5.92. The summed E-state index contributed by atoms with van der Waals surface area (Å²) in [7, 11) is 0. The average Bonchev–Trinajstić information content (AvgIpc) is 2.83. The van der Waals surface area contributed by atoms with Crippen LogP contribution in [-0.2, 0) is 0 Å². The first kappa shape index (κ1) is 13.2. The normalized spacial score (nSPS) is 18.0. The zero-order chi connectivity index (χ0) is 14.3. The highest BCUT2D eigenvalue weighted by molar-refractivity contribution is 7.13. The minimum absolute atomic E-state index is 0.214. The summed E-state index contributed by atoms with van der Waals surface area (Å²) in [5.41, 5.74) is 8.87. The van der Waals surface area contributed by atoms with Gasteiger partial charge < -0.3 is 15.4 Å². The van der Waals surface area contributed by atoms with E-state index in [4.69, 9.17) is 10.5 Å². The van der Waals surface area contributed by atoms with Crippen molar-refractivity contribution >= 4 is 22.2 Å². The SMILES string of the molecule is CC1CN(C(C)C)c2cc(-c3csc(N)n3)ccc2O1. The fraction of sp³-hybridized carbons (Fsp3) is 0.400. The van der Waals surface area contributed by atoms with Crippen molar-refractivity contribution in [2.45, 2.75) is 32.9 Å². The van der Waals surface area contributed by atoms with Crippen molar-refractivity contribution in [3.8, 4) is 17.0 Å². The van der Waals surface area contributed by atoms with Crippen LogP contribution in [0.4, 0.5) is 10.8 Å². The summed E-state index contributed by atoms with van der Waals surface area (Å²) < 4.78 is 5.92. The number of anilines is 2. The van der Waals surface area contributed by atoms with Crippen molar-refractivity contribution in [3.63, 3.8) is 0 Å². The molecule has 1 atom stereocenters. The Bertz CT molecular complexity index is 623. The third kappa shape index (κ3) is 2.33. The first-order chi connectivity index (χ1) is 9.54. The molecule has 2 N–H and O–H groups in total. The van der Waals surface area contributed by atoms with Gasteiger partial charge in [0, 0.05) is 17.0 Å². The lowest BCUT2D eigenvalue weighted by atomic mass is 10.1. The van der Waals surface area contributed by atoms with E-state index >= 15 is 0 Å². The van der Waals surface area contributed by atoms with Gasteiger partial charge in [0.2, 0.25) is 0 Å². The molecule has 0 aliphatic carbocycles. The molecule has 5 heteroatoms. The lowest BCUT2D eigenvalue weighted by molar-refractivity contribution is 0.209. The molecule has 2 aromatic rings. The monoisotopic (exact) mass is 289 g/mol. The van der Waals surface area contributed by atoms with Gasteiger partial charge in [0.05, 0.1) is 17.9 Å². The standard InChI is InChI=1S/C15H19N3OS/c1-9(2)18-7-10(3)19-14-5-4-11(6-13(14)18)12-8-20-15(16)17-12/h4-6,8-10H,7H2,1-3H3,(H2,16,17). The first-order valence-corrected chi connectivity index (χ1v) is 7.71. The Hall–Kier alpha value is -1.75. The summed E-state index contributed by atoms with van der Waals surface area (Å²) in [5, 5.41) is 2.59. The highest BCUT2D eigenvalue weighted by Crippen LogP contribution is 2.38. The van der Waals surface area contributed by atoms with E-state index in [1.807, 2.05) is 17.5 Å². The van der Waals surface area contributed by atoms with Crippen LogP contribution in [-0.4, -0.2) is 23.7 Å². The van der Waals surface area contributed by atoms with Crippen LogP contribution < -0.4 is 15.4 Å². The minimum atomic E-state index is 0.214. The molecule has 0 saturated heterocycles. The van der Waals surface area contributed by atoms with E-state index in [1.54, 1.807) is 0 Å². The van der Waals surface area contributed by atoms with Gasteiger partial charge in [-0.1, -0.05) is 0 Å². The molecule has 0 fully saturated rings. The number of aromatic nitrogens is 1. The Morgan fingerprint density at radius 1 is 1.45 bits per heavy atom. The van der Waals surface area contributed by atoms with Gasteiger partial charge in [0.15, 0.2) is 5.13 Å². The van der Waals surface area contributed by atoms with Gasteiger partial charge >= 0.3 is 0 Å². The molecule has 1 aliphatic heterocycles. The fourth-order valence-electron chi connectivity index (χ4n) is 2.54. The van der Waals surface area contributed by atoms with Crippen LogP contribution in [0.1, 0.15) is 20.8 Å². The van der Waals surface area contributed by atoms with Crippen molar-refractivity contribution in [1.82, 2.24) is 4.98 Å². The predicted molar refractivity (Wildman–Crippen MR) is 84.5 cm³/mol. The molecule has 4 nitrogen and oxygen atoms in total. The molecule has 106 valence electrons. The van der Waals surface area contributed by atoms with Crippen molar-refractivity contribution in [2.24, 2.45) is 0 Å². The third-order valence-corrected chi connectivity index (χ3v) is 4.17. The lowest BCUT2D eigenvalue weighted by Gasteiger charge is -2.37. The quantitative estimate of drug-likeness (QED) is 0.920. The van der Waals surface area contributed by atoms with E-state index < -0.39 is 0 Å². The van der Waals surface area contributed by atoms with Gasteiger partial charge in [0.25, 0.3) is 0 Å². The van der Waals surface area contributed by atoms with Crippen LogP contribution in [0.3, 0.4) is 0 Å². The van der Waals surface area contributed by atoms with Crippen molar-refractivity contribution < 1.29 is 4.74 Å². The Morgan fingerprint density at radius 3 is 2.90 bits per heavy atom. The Morgan fingerprint density at radius 2 is 2.25 bits per heavy atom. The number of nitrogens with two attached hydrogens (primary N) is 1. The number of nitrogens with zero attached hydrogens (tertiary/aromatic N) is 2. The van der Waals surface area contributed by atoms with Gasteiger partial charge in [-0.15, -0.1) is 11.3 Å². The summed E-state index contributed by atoms with van der Waals surface area (Å²) in [4.78, 5) is 6.73. The van der Waals surface area contributed by atoms with E-state index in [-0.39, 0.29) is 6.10 Å². The van der Waals surface area contributed by atoms with Gasteiger partial charge in [-0.2, -0.15) is 0 Å². The van der Waals surface area contributed by atoms with E-state index in [1.165, 1.54) is 11.3 Å². The largest absolute Gasteiger partial charge is 0.487 e. The van der Waals surface area contributed by atoms with Crippen LogP contribution in [0.2, 0.25) is 0 Å². The Balaban J connectivity index is 2.04. The molecule has 0 spiro atoms. The summed E-state index contributed by atoms with van der Waals surface area (Å²) >= 11 is 1.47. The second-order valence-corrected chi connectivity index (χ2v) is 6.32. The third-order valence-electron chi connectivity index (χ3n) is 3.49. The molecule has 1 aromatic heterocycles. The smallest absolute Gasteiger partial charge is 0.180 e. The second-order valence-electron chi connectivity index (χ2n) is 5.43. The van der Waals surface area contributed by atoms with Crippen LogP contribution in [0.25, 0.3) is 11.3 Å². The maximum atomic E-state index is 5.92. The molecule has 0 saturated carbocycles. The topological polar surface area (TPSA) is 51.4 Å². The van der Waals surface area contributed by atoms with Crippen LogP contribution in [0.5, 0.6) is 5.75 Å². The zero-order valence-corrected chi connectivity index (χ0v) is 12.8. The lowest BCUT2D eigenvalue weighted by Crippen LogP contribution is -2.42. The molecule has 1 aromatic carbocycles. The molecule has 2 heterocycles. The molecular formula is C15H19N3OS. The Labute approximate surface area is 123 Å². The molecule has 1 unspecified atom stereocenters. The number of hydrogen-bond acceptors (Lipinski definition) is 5. The van der Waals surface area contributed by atoms with Gasteiger partial charge in [-0.25, -0.2) is 4.98 Å². The van der Waals surface area contributed by atoms with Gasteiger partial charge in [0.1, 0.15) is 11.9 Å². The van der Waals surface area contributed by atoms with Crippen molar-refractivity contribution in [1.29, 1.82) is 0 Å². The first-order valence-electron chi connectivity index (χ1n) is 6.83. The number of ether oxygens (including phenoxy) is 1. The van der Waals surface area contributed by atoms with Crippen LogP contribution >= 0.6 is 11.3 Å². The maximum Gasteiger partial charge on any atom is 0.180 e. The average molecular weight is 289 g/mol. The summed E-state index contributed by atoms with van der Waals surface area (Å²) in [6, 6.07) is 6.67. The number of thiazole rings is 1. The summed E-state index contributed by atoms with van der Waals surface area (Å²) in [5.74, 6) is 0.949. The summed E-state index contributed by atoms with van der Waals surface area (Å²) in [6.45, 7) is 7.42. The second kappa shape index (κ2) is 4.98. The molecule has 1 aliphatic rings. The fourth-order valence-corrected chi connectivity index (χ4v) is 3.11. The van der Waals surface area contributed by atoms with Crippen molar-refractivity contribution in [3.05, 3.63) is 23.6 Å². The molecular weight excluding hydrogens is 270 g/mol. The minimum Gasteiger partial charge on any atom is -0.487 e. The number of hydrogen-bond donors (Lipinski definition) is 1. The Kier molecular flexibility index (Phi) is 3.30. The molecule has 0 amide bonds. The van der Waals surface area contributed by atoms with E-state index in [2.05, 4.69) is 36.7 Å². The number of nitrogen functional groups attached to an aromatic ring is 1. The number of benzene rings is 1. The molecule has 20 heavy (non-hydrogen) atoms. The van der Waals surface area contributed by atoms with Gasteiger partial charge in [-0.3, -0.25) is 0 Å².